The maximum atomic E-state index is 9.27. The first-order chi connectivity index (χ1) is 9.10. The fraction of sp³-hybridized carbons (Fsp3) is 0.500. The van der Waals surface area contributed by atoms with Gasteiger partial charge in [-0.3, -0.25) is 4.90 Å². The Kier molecular flexibility index (Phi) is 5.03. The molecule has 0 bridgehead atoms. The van der Waals surface area contributed by atoms with Gasteiger partial charge in [0.25, 0.3) is 0 Å². The average Bonchev–Trinajstić information content (AvgIpc) is 2.44. The van der Waals surface area contributed by atoms with Gasteiger partial charge < -0.3 is 0 Å². The van der Waals surface area contributed by atoms with Crippen LogP contribution < -0.4 is 0 Å². The smallest absolute Gasteiger partial charge is 0.104 e. The number of rotatable bonds is 3. The summed E-state index contributed by atoms with van der Waals surface area (Å²) >= 11 is 14.1. The van der Waals surface area contributed by atoms with Crippen LogP contribution in [-0.4, -0.2) is 29.0 Å². The first kappa shape index (κ1) is 15.0. The Balaban J connectivity index is 2.02. The highest BCUT2D eigenvalue weighted by atomic mass is 35.5. The Morgan fingerprint density at radius 3 is 2.37 bits per heavy atom. The molecular formula is C14H16Cl2N2S. The molecule has 0 saturated carbocycles. The van der Waals surface area contributed by atoms with E-state index < -0.39 is 0 Å². The highest BCUT2D eigenvalue weighted by molar-refractivity contribution is 8.00. The minimum atomic E-state index is -0.208. The molecule has 0 aliphatic carbocycles. The zero-order chi connectivity index (χ0) is 13.9. The van der Waals surface area contributed by atoms with Gasteiger partial charge in [0.05, 0.1) is 6.07 Å². The number of nitrogens with zero attached hydrogens (tertiary/aromatic N) is 2. The van der Waals surface area contributed by atoms with E-state index in [4.69, 9.17) is 23.2 Å². The number of piperidine rings is 1. The van der Waals surface area contributed by atoms with Crippen LogP contribution in [0.1, 0.15) is 18.4 Å². The lowest BCUT2D eigenvalue weighted by Gasteiger charge is -2.36. The molecule has 2 nitrogen and oxygen atoms in total. The van der Waals surface area contributed by atoms with Crippen LogP contribution in [0.15, 0.2) is 18.2 Å². The van der Waals surface area contributed by atoms with Crippen LogP contribution >= 0.6 is 35.0 Å². The summed E-state index contributed by atoms with van der Waals surface area (Å²) in [5, 5.41) is 10.7. The number of thioether (sulfide) groups is 1. The van der Waals surface area contributed by atoms with E-state index in [2.05, 4.69) is 11.0 Å². The van der Waals surface area contributed by atoms with Crippen molar-refractivity contribution in [1.82, 2.24) is 4.90 Å². The van der Waals surface area contributed by atoms with E-state index in [9.17, 15) is 5.26 Å². The Morgan fingerprint density at radius 2 is 1.89 bits per heavy atom. The topological polar surface area (TPSA) is 27.0 Å². The Bertz CT molecular complexity index is 470. The molecule has 0 spiro atoms. The van der Waals surface area contributed by atoms with Crippen molar-refractivity contribution in [3.8, 4) is 6.07 Å². The number of benzene rings is 1. The third-order valence-corrected chi connectivity index (χ3v) is 5.69. The Morgan fingerprint density at radius 1 is 1.32 bits per heavy atom. The molecule has 0 unspecified atom stereocenters. The zero-order valence-corrected chi connectivity index (χ0v) is 13.2. The molecule has 1 heterocycles. The van der Waals surface area contributed by atoms with Crippen LogP contribution in [-0.2, 0) is 6.54 Å². The number of nitriles is 1. The van der Waals surface area contributed by atoms with Gasteiger partial charge in [-0.15, -0.1) is 11.8 Å². The Labute approximate surface area is 128 Å². The average molecular weight is 315 g/mol. The second-order valence-electron chi connectivity index (χ2n) is 4.79. The summed E-state index contributed by atoms with van der Waals surface area (Å²) in [6, 6.07) is 8.06. The molecule has 1 aliphatic rings. The van der Waals surface area contributed by atoms with E-state index >= 15 is 0 Å². The molecule has 0 amide bonds. The largest absolute Gasteiger partial charge is 0.299 e. The normalized spacial score (nSPS) is 19.1. The highest BCUT2D eigenvalue weighted by Crippen LogP contribution is 2.35. The second kappa shape index (κ2) is 6.37. The molecule has 1 saturated heterocycles. The van der Waals surface area contributed by atoms with Gasteiger partial charge in [-0.2, -0.15) is 5.26 Å². The molecule has 0 N–H and O–H groups in total. The molecule has 1 aromatic rings. The van der Waals surface area contributed by atoms with Crippen molar-refractivity contribution < 1.29 is 0 Å². The number of hydrogen-bond donors (Lipinski definition) is 0. The molecule has 1 fully saturated rings. The van der Waals surface area contributed by atoms with Crippen molar-refractivity contribution in [3.05, 3.63) is 33.8 Å². The van der Waals surface area contributed by atoms with E-state index in [1.807, 2.05) is 24.5 Å². The minimum absolute atomic E-state index is 0.208. The predicted molar refractivity (Wildman–Crippen MR) is 82.8 cm³/mol. The molecule has 2 rings (SSSR count). The lowest BCUT2D eigenvalue weighted by molar-refractivity contribution is 0.209. The molecular weight excluding hydrogens is 299 g/mol. The molecule has 102 valence electrons. The summed E-state index contributed by atoms with van der Waals surface area (Å²) in [6.07, 6.45) is 3.81. The number of halogens is 2. The van der Waals surface area contributed by atoms with Gasteiger partial charge in [-0.25, -0.2) is 0 Å². The summed E-state index contributed by atoms with van der Waals surface area (Å²) in [6.45, 7) is 2.58. The van der Waals surface area contributed by atoms with Crippen molar-refractivity contribution in [2.24, 2.45) is 0 Å². The lowest BCUT2D eigenvalue weighted by atomic mass is 9.97. The molecule has 19 heavy (non-hydrogen) atoms. The fourth-order valence-corrected chi connectivity index (χ4v) is 3.54. The highest BCUT2D eigenvalue weighted by Gasteiger charge is 2.34. The lowest BCUT2D eigenvalue weighted by Crippen LogP contribution is -2.41. The predicted octanol–water partition coefficient (Wildman–Crippen LogP) is 4.21. The third kappa shape index (κ3) is 3.38. The Hall–Kier alpha value is -0.400. The van der Waals surface area contributed by atoms with Gasteiger partial charge >= 0.3 is 0 Å². The van der Waals surface area contributed by atoms with Crippen molar-refractivity contribution in [1.29, 1.82) is 5.26 Å². The molecule has 1 aromatic carbocycles. The van der Waals surface area contributed by atoms with E-state index in [1.54, 1.807) is 11.8 Å². The summed E-state index contributed by atoms with van der Waals surface area (Å²) in [5.41, 5.74) is 0.986. The first-order valence-corrected chi connectivity index (χ1v) is 8.20. The van der Waals surface area contributed by atoms with Crippen LogP contribution in [0.2, 0.25) is 10.0 Å². The van der Waals surface area contributed by atoms with Crippen LogP contribution in [0.4, 0.5) is 0 Å². The van der Waals surface area contributed by atoms with Crippen molar-refractivity contribution >= 4 is 35.0 Å². The standard InChI is InChI=1S/C14H16Cl2N2S/c1-19-14(10-17)5-7-18(8-6-14)9-11-12(15)3-2-4-13(11)16/h2-4H,5-9H2,1H3. The zero-order valence-electron chi connectivity index (χ0n) is 10.8. The molecule has 0 radical (unpaired) electrons. The van der Waals surface area contributed by atoms with Gasteiger partial charge in [0.2, 0.25) is 0 Å². The van der Waals surface area contributed by atoms with E-state index in [0.717, 1.165) is 48.1 Å². The third-order valence-electron chi connectivity index (χ3n) is 3.70. The maximum absolute atomic E-state index is 9.27. The van der Waals surface area contributed by atoms with Crippen molar-refractivity contribution in [2.45, 2.75) is 24.1 Å². The second-order valence-corrected chi connectivity index (χ2v) is 6.79. The summed E-state index contributed by atoms with van der Waals surface area (Å²) in [4.78, 5) is 2.32. The van der Waals surface area contributed by atoms with Crippen LogP contribution in [0.3, 0.4) is 0 Å². The molecule has 5 heteroatoms. The van der Waals surface area contributed by atoms with Gasteiger partial charge in [0, 0.05) is 35.2 Å². The van der Waals surface area contributed by atoms with E-state index in [1.165, 1.54) is 0 Å². The van der Waals surface area contributed by atoms with Crippen LogP contribution in [0.5, 0.6) is 0 Å². The fourth-order valence-electron chi connectivity index (χ4n) is 2.34. The molecule has 1 aliphatic heterocycles. The van der Waals surface area contributed by atoms with Gasteiger partial charge in [0.15, 0.2) is 0 Å². The summed E-state index contributed by atoms with van der Waals surface area (Å²) < 4.78 is -0.208. The molecule has 0 atom stereocenters. The van der Waals surface area contributed by atoms with Crippen molar-refractivity contribution in [3.63, 3.8) is 0 Å². The van der Waals surface area contributed by atoms with E-state index in [0.29, 0.717) is 0 Å². The SMILES string of the molecule is CSC1(C#N)CCN(Cc2c(Cl)cccc2Cl)CC1. The van der Waals surface area contributed by atoms with E-state index in [-0.39, 0.29) is 4.75 Å². The maximum Gasteiger partial charge on any atom is 0.104 e. The summed E-state index contributed by atoms with van der Waals surface area (Å²) in [5.74, 6) is 0. The molecule has 0 aromatic heterocycles. The minimum Gasteiger partial charge on any atom is -0.299 e. The van der Waals surface area contributed by atoms with Gasteiger partial charge in [0.1, 0.15) is 4.75 Å². The number of hydrogen-bond acceptors (Lipinski definition) is 3. The number of likely N-dealkylation sites (tertiary alicyclic amines) is 1. The van der Waals surface area contributed by atoms with Crippen molar-refractivity contribution in [2.75, 3.05) is 19.3 Å². The first-order valence-electron chi connectivity index (χ1n) is 6.22. The van der Waals surface area contributed by atoms with Crippen LogP contribution in [0.25, 0.3) is 0 Å². The van der Waals surface area contributed by atoms with Crippen LogP contribution in [0, 0.1) is 11.3 Å². The van der Waals surface area contributed by atoms with Gasteiger partial charge in [-0.1, -0.05) is 29.3 Å². The summed E-state index contributed by atoms with van der Waals surface area (Å²) in [7, 11) is 0. The monoisotopic (exact) mass is 314 g/mol. The quantitative estimate of drug-likeness (QED) is 0.836. The van der Waals surface area contributed by atoms with Gasteiger partial charge in [-0.05, 0) is 31.2 Å².